The fourth-order valence-corrected chi connectivity index (χ4v) is 5.18. The zero-order valence-electron chi connectivity index (χ0n) is 12.5. The number of rotatable bonds is 2. The number of Topliss-reactive ketones (excluding diaryl/α,β-unsaturated/α-hetero) is 1. The molecular formula is C19H20OS. The Bertz CT molecular complexity index is 592. The van der Waals surface area contributed by atoms with Crippen molar-refractivity contribution in [3.8, 4) is 0 Å². The smallest absolute Gasteiger partial charge is 0.136 e. The maximum Gasteiger partial charge on any atom is 0.136 e. The van der Waals surface area contributed by atoms with Gasteiger partial charge in [0.25, 0.3) is 0 Å². The first-order valence-corrected chi connectivity index (χ1v) is 8.16. The van der Waals surface area contributed by atoms with E-state index in [0.717, 1.165) is 0 Å². The van der Waals surface area contributed by atoms with E-state index >= 15 is 0 Å². The summed E-state index contributed by atoms with van der Waals surface area (Å²) in [5, 5.41) is 0. The van der Waals surface area contributed by atoms with Crippen LogP contribution in [-0.4, -0.2) is 10.5 Å². The van der Waals surface area contributed by atoms with Gasteiger partial charge in [-0.25, -0.2) is 0 Å². The second-order valence-corrected chi connectivity index (χ2v) is 8.32. The lowest BCUT2D eigenvalue weighted by Crippen LogP contribution is -2.40. The van der Waals surface area contributed by atoms with E-state index in [2.05, 4.69) is 62.4 Å². The highest BCUT2D eigenvalue weighted by Gasteiger charge is 2.46. The lowest BCUT2D eigenvalue weighted by molar-refractivity contribution is -0.120. The Morgan fingerprint density at radius 2 is 1.29 bits per heavy atom. The van der Waals surface area contributed by atoms with Gasteiger partial charge in [-0.2, -0.15) is 0 Å². The van der Waals surface area contributed by atoms with Gasteiger partial charge in [0.1, 0.15) is 5.78 Å². The lowest BCUT2D eigenvalue weighted by atomic mass is 9.83. The molecule has 0 N–H and O–H groups in total. The van der Waals surface area contributed by atoms with Gasteiger partial charge < -0.3 is 0 Å². The molecule has 0 amide bonds. The van der Waals surface area contributed by atoms with Crippen LogP contribution in [0.5, 0.6) is 0 Å². The topological polar surface area (TPSA) is 17.1 Å². The summed E-state index contributed by atoms with van der Waals surface area (Å²) in [6, 6.07) is 20.9. The number of carbonyl (C=O) groups is 1. The number of benzene rings is 2. The van der Waals surface area contributed by atoms with Crippen LogP contribution in [0.2, 0.25) is 0 Å². The lowest BCUT2D eigenvalue weighted by Gasteiger charge is -2.44. The minimum Gasteiger partial charge on any atom is -0.300 e. The second-order valence-electron chi connectivity index (χ2n) is 6.31. The van der Waals surface area contributed by atoms with Crippen LogP contribution in [0.25, 0.3) is 0 Å². The van der Waals surface area contributed by atoms with Gasteiger partial charge in [0.2, 0.25) is 0 Å². The standard InChI is InChI=1S/C19H20OS/c1-18(2)13-17(20)14-19(21-18,15-9-5-3-6-10-15)16-11-7-4-8-12-16/h3-12H,13-14H2,1-2H3. The van der Waals surface area contributed by atoms with E-state index in [4.69, 9.17) is 0 Å². The quantitative estimate of drug-likeness (QED) is 0.791. The van der Waals surface area contributed by atoms with Gasteiger partial charge in [-0.15, -0.1) is 11.8 Å². The molecule has 0 spiro atoms. The summed E-state index contributed by atoms with van der Waals surface area (Å²) in [4.78, 5) is 12.4. The van der Waals surface area contributed by atoms with Crippen molar-refractivity contribution in [1.82, 2.24) is 0 Å². The number of thioether (sulfide) groups is 1. The van der Waals surface area contributed by atoms with Crippen LogP contribution >= 0.6 is 11.8 Å². The fraction of sp³-hybridized carbons (Fsp3) is 0.316. The van der Waals surface area contributed by atoms with Crippen LogP contribution in [0.3, 0.4) is 0 Å². The molecule has 0 aliphatic carbocycles. The largest absolute Gasteiger partial charge is 0.300 e. The molecule has 0 unspecified atom stereocenters. The summed E-state index contributed by atoms with van der Waals surface area (Å²) in [6.07, 6.45) is 1.23. The van der Waals surface area contributed by atoms with E-state index in [0.29, 0.717) is 18.6 Å². The number of carbonyl (C=O) groups excluding carboxylic acids is 1. The first kappa shape index (κ1) is 14.4. The van der Waals surface area contributed by atoms with Crippen molar-refractivity contribution in [1.29, 1.82) is 0 Å². The monoisotopic (exact) mass is 296 g/mol. The Labute approximate surface area is 130 Å². The molecule has 2 heteroatoms. The Kier molecular flexibility index (Phi) is 3.66. The average Bonchev–Trinajstić information content (AvgIpc) is 2.47. The van der Waals surface area contributed by atoms with Crippen LogP contribution in [0.15, 0.2) is 60.7 Å². The predicted molar refractivity (Wildman–Crippen MR) is 89.6 cm³/mol. The van der Waals surface area contributed by atoms with Crippen molar-refractivity contribution in [2.24, 2.45) is 0 Å². The van der Waals surface area contributed by atoms with Crippen LogP contribution in [0, 0.1) is 0 Å². The molecule has 0 atom stereocenters. The second kappa shape index (κ2) is 5.34. The number of hydrogen-bond acceptors (Lipinski definition) is 2. The third kappa shape index (κ3) is 2.77. The summed E-state index contributed by atoms with van der Waals surface area (Å²) in [5.41, 5.74) is 2.45. The Balaban J connectivity index is 2.18. The van der Waals surface area contributed by atoms with E-state index < -0.39 is 0 Å². The molecule has 1 aliphatic rings. The van der Waals surface area contributed by atoms with Crippen LogP contribution in [0.1, 0.15) is 37.8 Å². The normalized spacial score (nSPS) is 20.2. The molecule has 0 radical (unpaired) electrons. The predicted octanol–water partition coefficient (Wildman–Crippen LogP) is 4.80. The molecule has 21 heavy (non-hydrogen) atoms. The minimum absolute atomic E-state index is 0.0407. The summed E-state index contributed by atoms with van der Waals surface area (Å²) >= 11 is 1.93. The van der Waals surface area contributed by atoms with Crippen LogP contribution in [0.4, 0.5) is 0 Å². The Hall–Kier alpha value is -1.54. The summed E-state index contributed by atoms with van der Waals surface area (Å²) in [5.74, 6) is 0.353. The summed E-state index contributed by atoms with van der Waals surface area (Å²) < 4.78 is -0.303. The van der Waals surface area contributed by atoms with Crippen molar-refractivity contribution in [2.45, 2.75) is 36.2 Å². The van der Waals surface area contributed by atoms with E-state index in [9.17, 15) is 4.79 Å². The molecule has 3 rings (SSSR count). The molecule has 2 aromatic rings. The Morgan fingerprint density at radius 3 is 1.71 bits per heavy atom. The molecule has 1 fully saturated rings. The highest BCUT2D eigenvalue weighted by atomic mass is 32.2. The third-order valence-corrected chi connectivity index (χ3v) is 5.66. The summed E-state index contributed by atoms with van der Waals surface area (Å²) in [7, 11) is 0. The molecule has 108 valence electrons. The first-order chi connectivity index (χ1) is 10.0. The van der Waals surface area contributed by atoms with Crippen molar-refractivity contribution < 1.29 is 4.79 Å². The van der Waals surface area contributed by atoms with Gasteiger partial charge in [-0.3, -0.25) is 4.79 Å². The highest BCUT2D eigenvalue weighted by Crippen LogP contribution is 2.55. The van der Waals surface area contributed by atoms with Crippen molar-refractivity contribution in [3.05, 3.63) is 71.8 Å². The molecule has 0 saturated carbocycles. The molecule has 1 heterocycles. The molecule has 0 bridgehead atoms. The zero-order chi connectivity index (χ0) is 14.9. The number of hydrogen-bond donors (Lipinski definition) is 0. The van der Waals surface area contributed by atoms with Crippen LogP contribution < -0.4 is 0 Å². The Morgan fingerprint density at radius 1 is 0.810 bits per heavy atom. The average molecular weight is 296 g/mol. The third-order valence-electron chi connectivity index (χ3n) is 4.00. The fourth-order valence-electron chi connectivity index (χ4n) is 3.26. The van der Waals surface area contributed by atoms with E-state index in [1.54, 1.807) is 0 Å². The van der Waals surface area contributed by atoms with Gasteiger partial charge >= 0.3 is 0 Å². The minimum atomic E-state index is -0.263. The maximum absolute atomic E-state index is 12.4. The van der Waals surface area contributed by atoms with Crippen molar-refractivity contribution >= 4 is 17.5 Å². The molecule has 1 saturated heterocycles. The first-order valence-electron chi connectivity index (χ1n) is 7.35. The van der Waals surface area contributed by atoms with Crippen molar-refractivity contribution in [3.63, 3.8) is 0 Å². The van der Waals surface area contributed by atoms with E-state index in [1.807, 2.05) is 23.9 Å². The maximum atomic E-state index is 12.4. The summed E-state index contributed by atoms with van der Waals surface area (Å²) in [6.45, 7) is 4.35. The highest BCUT2D eigenvalue weighted by molar-refractivity contribution is 8.01. The molecule has 1 aliphatic heterocycles. The van der Waals surface area contributed by atoms with Gasteiger partial charge in [-0.1, -0.05) is 74.5 Å². The zero-order valence-corrected chi connectivity index (χ0v) is 13.3. The molecule has 1 nitrogen and oxygen atoms in total. The number of ketones is 1. The molecule has 0 aromatic heterocycles. The van der Waals surface area contributed by atoms with Gasteiger partial charge in [0, 0.05) is 17.6 Å². The van der Waals surface area contributed by atoms with Crippen LogP contribution in [-0.2, 0) is 9.54 Å². The molecular weight excluding hydrogens is 276 g/mol. The SMILES string of the molecule is CC1(C)CC(=O)CC(c2ccccc2)(c2ccccc2)S1. The van der Waals surface area contributed by atoms with E-state index in [1.165, 1.54) is 11.1 Å². The van der Waals surface area contributed by atoms with Crippen molar-refractivity contribution in [2.75, 3.05) is 0 Å². The van der Waals surface area contributed by atoms with Gasteiger partial charge in [0.15, 0.2) is 0 Å². The van der Waals surface area contributed by atoms with Gasteiger partial charge in [0.05, 0.1) is 4.75 Å². The van der Waals surface area contributed by atoms with Gasteiger partial charge in [-0.05, 0) is 11.1 Å². The molecule has 2 aromatic carbocycles. The van der Waals surface area contributed by atoms with E-state index in [-0.39, 0.29) is 9.49 Å².